The van der Waals surface area contributed by atoms with Crippen LogP contribution in [0.4, 0.5) is 0 Å². The van der Waals surface area contributed by atoms with Gasteiger partial charge in [-0.05, 0) is 12.8 Å². The average Bonchev–Trinajstić information content (AvgIpc) is 0.758. The predicted molar refractivity (Wildman–Crippen MR) is 342 cm³/mol. The normalized spacial score (nSPS) is 31.9. The Labute approximate surface area is 623 Å². The summed E-state index contributed by atoms with van der Waals surface area (Å²) in [6, 6.07) is 0. The highest BCUT2D eigenvalue weighted by Gasteiger charge is 2.63. The Hall–Kier alpha value is -9.14. The molecule has 42 heteroatoms. The first-order chi connectivity index (χ1) is 51.2. The molecule has 612 valence electrons. The van der Waals surface area contributed by atoms with E-state index in [0.717, 1.165) is 111 Å². The van der Waals surface area contributed by atoms with Gasteiger partial charge in [0.25, 0.3) is 0 Å². The molecule has 0 aromatic carbocycles. The molecule has 0 unspecified atom stereocenters. The Kier molecular flexibility index (Phi) is 35.5. The van der Waals surface area contributed by atoms with Gasteiger partial charge in [0, 0.05) is 111 Å². The first-order valence-electron chi connectivity index (χ1n) is 33.9. The summed E-state index contributed by atoms with van der Waals surface area (Å²) in [6.45, 7) is 13.7. The van der Waals surface area contributed by atoms with Gasteiger partial charge >= 0.3 is 95.5 Å². The lowest BCUT2D eigenvalue weighted by Crippen LogP contribution is -2.70. The third kappa shape index (κ3) is 28.0. The zero-order chi connectivity index (χ0) is 81.4. The lowest BCUT2D eigenvalue weighted by Gasteiger charge is -2.52. The molecule has 0 N–H and O–H groups in total. The van der Waals surface area contributed by atoms with Crippen molar-refractivity contribution in [3.8, 4) is 0 Å². The van der Waals surface area contributed by atoms with Crippen molar-refractivity contribution in [1.82, 2.24) is 0 Å². The SMILES string of the molecule is C=CCCCO[C@@H]1O[C@H](COC(C)=O)[C@@H](OC(C)=O)[C@H](O[C@@H]2O[C@H](COC(C)=O)[C@@H](OC(C)=O)[C@H](O[C@@H]3O[C@H](COC(C)=O)[C@@H](OC(C)=O)[C@H](O[C@@H]4O[C@H](COC(C)=O)[C@@H](OC(C)=O)[C@H](O[C@@H]5O[C@H](COC(C)=O)[C@@H](OC(C)=O)[C@H](OC(C)=O)[C@H]5OC(C)=O)[C@H]4OC(C)=O)[C@H]3OC(C)=O)[C@H]2OC(C)=O)[C@H]1OC(C)=O. The van der Waals surface area contributed by atoms with E-state index in [4.69, 9.17) is 123 Å². The van der Waals surface area contributed by atoms with Crippen molar-refractivity contribution in [2.75, 3.05) is 39.6 Å². The third-order valence-electron chi connectivity index (χ3n) is 15.5. The molecule has 5 fully saturated rings. The standard InChI is InChI=1S/C67H92O42/c1-18-19-20-21-84-63-58(96-38(13)79)54(49(91-33(8)74)43(101-63)22-85-27(2)68)106-65-60(98-40(15)81)56(51(93-35(10)76)45(103-65)24-87-29(4)70)108-67-62(100-42(17)83)57(52(94-36(11)77)47(105-67)26-89-31(6)72)109-66-61(99-41(16)82)55(50(92-34(9)75)46(104-66)25-88-30(5)71)107-64-59(97-39(14)80)53(95-37(12)78)48(90-32(7)73)44(102-64)23-86-28(3)69/h18,43-67H,1,19-26H2,2-17H3/t43-,44-,45-,46-,47-,48-,49-,50-,51-,52-,53+,54+,55+,56+,57+,58-,59-,60-,61-,62-,63-,64+,65+,66+,67+/m1/s1. The number of allylic oxidation sites excluding steroid dienone is 1. The minimum atomic E-state index is -2.45. The van der Waals surface area contributed by atoms with E-state index in [-0.39, 0.29) is 13.0 Å². The van der Waals surface area contributed by atoms with Gasteiger partial charge < -0.3 is 123 Å². The number of esters is 16. The summed E-state index contributed by atoms with van der Waals surface area (Å²) in [5, 5.41) is 0. The number of hydrogen-bond acceptors (Lipinski definition) is 42. The topological polar surface area (TPSA) is 513 Å². The first kappa shape index (κ1) is 90.5. The third-order valence-corrected chi connectivity index (χ3v) is 15.5. The fraction of sp³-hybridized carbons (Fsp3) is 0.731. The molecule has 0 radical (unpaired) electrons. The molecule has 109 heavy (non-hydrogen) atoms. The summed E-state index contributed by atoms with van der Waals surface area (Å²) < 4.78 is 155. The maximum Gasteiger partial charge on any atom is 0.303 e. The second-order valence-electron chi connectivity index (χ2n) is 24.7. The highest BCUT2D eigenvalue weighted by atomic mass is 16.8. The average molecular weight is 1570 g/mol. The lowest BCUT2D eigenvalue weighted by atomic mass is 9.94. The molecule has 5 heterocycles. The van der Waals surface area contributed by atoms with Crippen LogP contribution in [-0.4, -0.2) is 289 Å². The van der Waals surface area contributed by atoms with Crippen LogP contribution >= 0.6 is 0 Å². The van der Waals surface area contributed by atoms with Gasteiger partial charge in [-0.2, -0.15) is 0 Å². The molecular formula is C67H92O42. The minimum absolute atomic E-state index is 0.143. The summed E-state index contributed by atoms with van der Waals surface area (Å²) in [6.07, 6.45) is -49.7. The van der Waals surface area contributed by atoms with Crippen molar-refractivity contribution < 1.29 is 200 Å². The number of unbranched alkanes of at least 4 members (excludes halogenated alkanes) is 1. The molecule has 0 aliphatic carbocycles. The Morgan fingerprint density at radius 1 is 0.239 bits per heavy atom. The Morgan fingerprint density at radius 2 is 0.413 bits per heavy atom. The van der Waals surface area contributed by atoms with E-state index in [1.165, 1.54) is 0 Å². The maximum absolute atomic E-state index is 13.9. The van der Waals surface area contributed by atoms with Crippen LogP contribution in [0.25, 0.3) is 0 Å². The van der Waals surface area contributed by atoms with Gasteiger partial charge in [-0.15, -0.1) is 6.58 Å². The number of rotatable bonds is 34. The van der Waals surface area contributed by atoms with Gasteiger partial charge in [-0.25, -0.2) is 0 Å². The van der Waals surface area contributed by atoms with Crippen molar-refractivity contribution in [3.63, 3.8) is 0 Å². The molecule has 0 amide bonds. The van der Waals surface area contributed by atoms with Gasteiger partial charge in [-0.3, -0.25) is 76.7 Å². The maximum atomic E-state index is 13.9. The summed E-state index contributed by atoms with van der Waals surface area (Å²) in [5.41, 5.74) is 0. The van der Waals surface area contributed by atoms with Crippen LogP contribution in [-0.2, 0) is 200 Å². The minimum Gasteiger partial charge on any atom is -0.463 e. The summed E-state index contributed by atoms with van der Waals surface area (Å²) in [5.74, 6) is -17.5. The van der Waals surface area contributed by atoms with Gasteiger partial charge in [0.05, 0.1) is 6.61 Å². The Balaban J connectivity index is 1.87. The molecule has 0 aromatic rings. The number of carbonyl (C=O) groups excluding carboxylic acids is 16. The first-order valence-corrected chi connectivity index (χ1v) is 33.9. The van der Waals surface area contributed by atoms with Gasteiger partial charge in [0.2, 0.25) is 0 Å². The van der Waals surface area contributed by atoms with Crippen molar-refractivity contribution in [1.29, 1.82) is 0 Å². The van der Waals surface area contributed by atoms with Crippen molar-refractivity contribution >= 4 is 95.5 Å². The fourth-order valence-electron chi connectivity index (χ4n) is 11.9. The van der Waals surface area contributed by atoms with Gasteiger partial charge in [0.1, 0.15) is 88.0 Å². The van der Waals surface area contributed by atoms with E-state index >= 15 is 0 Å². The molecule has 5 aliphatic rings. The van der Waals surface area contributed by atoms with Crippen LogP contribution in [0, 0.1) is 0 Å². The second kappa shape index (κ2) is 42.7. The second-order valence-corrected chi connectivity index (χ2v) is 24.7. The van der Waals surface area contributed by atoms with Crippen LogP contribution < -0.4 is 0 Å². The highest BCUT2D eigenvalue weighted by Crippen LogP contribution is 2.42. The molecular weight excluding hydrogens is 1480 g/mol. The number of ether oxygens (including phenoxy) is 26. The molecule has 0 bridgehead atoms. The van der Waals surface area contributed by atoms with Crippen LogP contribution in [0.3, 0.4) is 0 Å². The van der Waals surface area contributed by atoms with E-state index in [1.807, 2.05) is 0 Å². The fourth-order valence-corrected chi connectivity index (χ4v) is 11.9. The lowest BCUT2D eigenvalue weighted by molar-refractivity contribution is -0.395. The van der Waals surface area contributed by atoms with E-state index < -0.39 is 282 Å². The molecule has 0 spiro atoms. The van der Waals surface area contributed by atoms with Crippen LogP contribution in [0.2, 0.25) is 0 Å². The number of carbonyl (C=O) groups is 16. The molecule has 5 rings (SSSR count). The molecule has 25 atom stereocenters. The molecule has 5 aliphatic heterocycles. The van der Waals surface area contributed by atoms with Crippen LogP contribution in [0.15, 0.2) is 12.7 Å². The van der Waals surface area contributed by atoms with E-state index in [9.17, 15) is 76.7 Å². The molecule has 42 nitrogen and oxygen atoms in total. The van der Waals surface area contributed by atoms with Crippen LogP contribution in [0.5, 0.6) is 0 Å². The van der Waals surface area contributed by atoms with Crippen molar-refractivity contribution in [2.45, 2.75) is 277 Å². The molecule has 0 aromatic heterocycles. The smallest absolute Gasteiger partial charge is 0.303 e. The monoisotopic (exact) mass is 1570 g/mol. The largest absolute Gasteiger partial charge is 0.463 e. The summed E-state index contributed by atoms with van der Waals surface area (Å²) in [7, 11) is 0. The summed E-state index contributed by atoms with van der Waals surface area (Å²) >= 11 is 0. The van der Waals surface area contributed by atoms with Gasteiger partial charge in [0.15, 0.2) is 98.6 Å². The zero-order valence-electron chi connectivity index (χ0n) is 62.5. The Bertz CT molecular complexity index is 3240. The van der Waals surface area contributed by atoms with E-state index in [0.29, 0.717) is 6.42 Å². The quantitative estimate of drug-likeness (QED) is 0.0329. The van der Waals surface area contributed by atoms with Crippen molar-refractivity contribution in [2.24, 2.45) is 0 Å². The van der Waals surface area contributed by atoms with Crippen LogP contribution in [0.1, 0.15) is 124 Å². The summed E-state index contributed by atoms with van der Waals surface area (Å²) in [4.78, 5) is 210. The molecule has 0 saturated carbocycles. The highest BCUT2D eigenvalue weighted by molar-refractivity contribution is 5.72. The molecule has 5 saturated heterocycles. The number of hydrogen-bond donors (Lipinski definition) is 0. The Morgan fingerprint density at radius 3 is 0.615 bits per heavy atom. The van der Waals surface area contributed by atoms with Crippen molar-refractivity contribution in [3.05, 3.63) is 12.7 Å². The van der Waals surface area contributed by atoms with E-state index in [1.54, 1.807) is 6.08 Å². The van der Waals surface area contributed by atoms with E-state index in [2.05, 4.69) is 6.58 Å². The predicted octanol–water partition coefficient (Wildman–Crippen LogP) is -0.801. The van der Waals surface area contributed by atoms with Gasteiger partial charge in [-0.1, -0.05) is 6.08 Å². The zero-order valence-corrected chi connectivity index (χ0v) is 62.5.